The Labute approximate surface area is 106 Å². The summed E-state index contributed by atoms with van der Waals surface area (Å²) in [5.74, 6) is 0.0750. The van der Waals surface area contributed by atoms with Gasteiger partial charge in [0, 0.05) is 11.1 Å². The fraction of sp³-hybridized carbons (Fsp3) is 0. The van der Waals surface area contributed by atoms with Crippen molar-refractivity contribution in [2.45, 2.75) is 0 Å². The zero-order valence-electron chi connectivity index (χ0n) is 9.94. The first-order valence-corrected chi connectivity index (χ1v) is 5.84. The van der Waals surface area contributed by atoms with E-state index in [1.165, 1.54) is 0 Å². The molecule has 86 valence electrons. The van der Waals surface area contributed by atoms with Crippen molar-refractivity contribution in [3.63, 3.8) is 0 Å². The first-order valence-electron chi connectivity index (χ1n) is 5.84. The van der Waals surface area contributed by atoms with Crippen molar-refractivity contribution in [1.29, 1.82) is 0 Å². The Balaban J connectivity index is 2.41. The fourth-order valence-corrected chi connectivity index (χ4v) is 2.56. The van der Waals surface area contributed by atoms with E-state index in [-0.39, 0.29) is 5.78 Å². The van der Waals surface area contributed by atoms with E-state index >= 15 is 0 Å². The highest BCUT2D eigenvalue weighted by Crippen LogP contribution is 2.40. The van der Waals surface area contributed by atoms with Gasteiger partial charge in [0.15, 0.2) is 5.78 Å². The Morgan fingerprint density at radius 2 is 1.22 bits per heavy atom. The molecule has 0 unspecified atom stereocenters. The predicted molar refractivity (Wildman–Crippen MR) is 75.5 cm³/mol. The highest BCUT2D eigenvalue weighted by Gasteiger charge is 2.29. The standard InChI is InChI=1S/C17H12O/c1-3-11-7-5-9-13-14-10-6-8-12(4-2)16(14)17(18)15(11)13/h3-10H,1-2H2. The lowest BCUT2D eigenvalue weighted by molar-refractivity contribution is 0.104. The van der Waals surface area contributed by atoms with Gasteiger partial charge < -0.3 is 0 Å². The van der Waals surface area contributed by atoms with Crippen LogP contribution < -0.4 is 0 Å². The van der Waals surface area contributed by atoms with Crippen molar-refractivity contribution >= 4 is 17.9 Å². The van der Waals surface area contributed by atoms with E-state index < -0.39 is 0 Å². The summed E-state index contributed by atoms with van der Waals surface area (Å²) in [5, 5.41) is 0. The van der Waals surface area contributed by atoms with Crippen LogP contribution in [0.15, 0.2) is 49.6 Å². The Bertz CT molecular complexity index is 633. The molecule has 18 heavy (non-hydrogen) atoms. The fourth-order valence-electron chi connectivity index (χ4n) is 2.56. The van der Waals surface area contributed by atoms with Gasteiger partial charge in [-0.15, -0.1) is 0 Å². The van der Waals surface area contributed by atoms with E-state index in [4.69, 9.17) is 0 Å². The van der Waals surface area contributed by atoms with Crippen LogP contribution in [-0.4, -0.2) is 5.78 Å². The first kappa shape index (κ1) is 10.7. The van der Waals surface area contributed by atoms with Crippen LogP contribution in [0.25, 0.3) is 23.3 Å². The van der Waals surface area contributed by atoms with Crippen LogP contribution in [0, 0.1) is 0 Å². The van der Waals surface area contributed by atoms with E-state index in [1.807, 2.05) is 36.4 Å². The van der Waals surface area contributed by atoms with Gasteiger partial charge in [-0.2, -0.15) is 0 Å². The third kappa shape index (κ3) is 1.25. The quantitative estimate of drug-likeness (QED) is 0.647. The van der Waals surface area contributed by atoms with Gasteiger partial charge in [0.05, 0.1) is 0 Å². The molecule has 0 spiro atoms. The maximum absolute atomic E-state index is 12.6. The minimum Gasteiger partial charge on any atom is -0.289 e. The highest BCUT2D eigenvalue weighted by molar-refractivity contribution is 6.24. The molecule has 0 atom stereocenters. The van der Waals surface area contributed by atoms with E-state index in [1.54, 1.807) is 12.2 Å². The molecule has 2 aromatic rings. The Morgan fingerprint density at radius 1 is 0.778 bits per heavy atom. The second-order valence-electron chi connectivity index (χ2n) is 4.28. The zero-order chi connectivity index (χ0) is 12.7. The smallest absolute Gasteiger partial charge is 0.195 e. The van der Waals surface area contributed by atoms with Gasteiger partial charge in [0.2, 0.25) is 0 Å². The van der Waals surface area contributed by atoms with Crippen LogP contribution in [-0.2, 0) is 0 Å². The van der Waals surface area contributed by atoms with Crippen LogP contribution in [0.4, 0.5) is 0 Å². The van der Waals surface area contributed by atoms with Crippen molar-refractivity contribution < 1.29 is 4.79 Å². The summed E-state index contributed by atoms with van der Waals surface area (Å²) in [6, 6.07) is 11.7. The monoisotopic (exact) mass is 232 g/mol. The summed E-state index contributed by atoms with van der Waals surface area (Å²) in [6.07, 6.45) is 3.46. The number of ketones is 1. The third-order valence-electron chi connectivity index (χ3n) is 3.38. The number of carbonyl (C=O) groups excluding carboxylic acids is 1. The highest BCUT2D eigenvalue weighted by atomic mass is 16.1. The molecule has 0 aromatic heterocycles. The molecule has 0 saturated carbocycles. The second kappa shape index (κ2) is 3.81. The topological polar surface area (TPSA) is 17.1 Å². The minimum atomic E-state index is 0.0750. The molecule has 0 aliphatic heterocycles. The van der Waals surface area contributed by atoms with Gasteiger partial charge in [-0.3, -0.25) is 4.79 Å². The number of fused-ring (bicyclic) bond motifs is 3. The molecule has 3 rings (SSSR count). The SMILES string of the molecule is C=Cc1cccc2c1C(=O)c1c(C=C)cccc1-2. The summed E-state index contributed by atoms with van der Waals surface area (Å²) in [6.45, 7) is 7.55. The lowest BCUT2D eigenvalue weighted by Gasteiger charge is -2.02. The van der Waals surface area contributed by atoms with Gasteiger partial charge in [-0.05, 0) is 22.3 Å². The van der Waals surface area contributed by atoms with Crippen molar-refractivity contribution in [3.05, 3.63) is 71.8 Å². The van der Waals surface area contributed by atoms with E-state index in [9.17, 15) is 4.79 Å². The lowest BCUT2D eigenvalue weighted by atomic mass is 10.0. The van der Waals surface area contributed by atoms with Gasteiger partial charge in [-0.25, -0.2) is 0 Å². The molecule has 1 heteroatoms. The maximum Gasteiger partial charge on any atom is 0.195 e. The molecule has 1 aliphatic carbocycles. The normalized spacial score (nSPS) is 11.9. The van der Waals surface area contributed by atoms with Gasteiger partial charge in [0.1, 0.15) is 0 Å². The minimum absolute atomic E-state index is 0.0750. The van der Waals surface area contributed by atoms with Crippen molar-refractivity contribution in [1.82, 2.24) is 0 Å². The van der Waals surface area contributed by atoms with Crippen LogP contribution in [0.5, 0.6) is 0 Å². The molecule has 0 fully saturated rings. The Kier molecular flexibility index (Phi) is 2.27. The number of hydrogen-bond acceptors (Lipinski definition) is 1. The molecule has 0 saturated heterocycles. The molecule has 0 heterocycles. The average Bonchev–Trinajstić information content (AvgIpc) is 2.73. The third-order valence-corrected chi connectivity index (χ3v) is 3.38. The maximum atomic E-state index is 12.6. The number of hydrogen-bond donors (Lipinski definition) is 0. The van der Waals surface area contributed by atoms with E-state index in [2.05, 4.69) is 13.2 Å². The zero-order valence-corrected chi connectivity index (χ0v) is 9.94. The molecular weight excluding hydrogens is 220 g/mol. The molecule has 0 radical (unpaired) electrons. The summed E-state index contributed by atoms with van der Waals surface area (Å²) >= 11 is 0. The summed E-state index contributed by atoms with van der Waals surface area (Å²) in [4.78, 5) is 12.6. The molecular formula is C17H12O. The van der Waals surface area contributed by atoms with Crippen molar-refractivity contribution in [2.24, 2.45) is 0 Å². The molecule has 1 aliphatic rings. The van der Waals surface area contributed by atoms with Crippen LogP contribution >= 0.6 is 0 Å². The summed E-state index contributed by atoms with van der Waals surface area (Å²) < 4.78 is 0. The number of rotatable bonds is 2. The van der Waals surface area contributed by atoms with Gasteiger partial charge in [0.25, 0.3) is 0 Å². The average molecular weight is 232 g/mol. The first-order chi connectivity index (χ1) is 8.77. The summed E-state index contributed by atoms with van der Waals surface area (Å²) in [7, 11) is 0. The molecule has 0 bridgehead atoms. The lowest BCUT2D eigenvalue weighted by Crippen LogP contribution is -1.99. The second-order valence-corrected chi connectivity index (χ2v) is 4.28. The molecule has 0 amide bonds. The van der Waals surface area contributed by atoms with Gasteiger partial charge >= 0.3 is 0 Å². The largest absolute Gasteiger partial charge is 0.289 e. The van der Waals surface area contributed by atoms with Crippen LogP contribution in [0.2, 0.25) is 0 Å². The molecule has 1 nitrogen and oxygen atoms in total. The van der Waals surface area contributed by atoms with Crippen molar-refractivity contribution in [3.8, 4) is 11.1 Å². The van der Waals surface area contributed by atoms with E-state index in [0.717, 1.165) is 33.4 Å². The van der Waals surface area contributed by atoms with Gasteiger partial charge in [-0.1, -0.05) is 61.7 Å². The Morgan fingerprint density at radius 3 is 1.61 bits per heavy atom. The van der Waals surface area contributed by atoms with Crippen LogP contribution in [0.3, 0.4) is 0 Å². The van der Waals surface area contributed by atoms with E-state index in [0.29, 0.717) is 0 Å². The summed E-state index contributed by atoms with van der Waals surface area (Å²) in [5.41, 5.74) is 5.30. The molecule has 0 N–H and O–H groups in total. The number of carbonyl (C=O) groups is 1. The Hall–Kier alpha value is -2.41. The predicted octanol–water partition coefficient (Wildman–Crippen LogP) is 4.18. The van der Waals surface area contributed by atoms with Crippen LogP contribution in [0.1, 0.15) is 27.0 Å². The molecule has 2 aromatic carbocycles. The number of benzene rings is 2. The van der Waals surface area contributed by atoms with Crippen molar-refractivity contribution in [2.75, 3.05) is 0 Å².